The van der Waals surface area contributed by atoms with Gasteiger partial charge in [0.05, 0.1) is 5.56 Å². The average molecular weight is 274 g/mol. The molecule has 4 nitrogen and oxygen atoms in total. The van der Waals surface area contributed by atoms with Gasteiger partial charge in [-0.25, -0.2) is 4.79 Å². The monoisotopic (exact) mass is 273 g/mol. The second-order valence-corrected chi connectivity index (χ2v) is 4.25. The first-order valence-electron chi connectivity index (χ1n) is 5.79. The first-order valence-corrected chi connectivity index (χ1v) is 6.32. The Morgan fingerprint density at radius 1 is 1.33 bits per heavy atom. The van der Waals surface area contributed by atoms with Crippen LogP contribution in [0.4, 0.5) is 5.69 Å². The molecule has 1 aromatic carbocycles. The van der Waals surface area contributed by atoms with Gasteiger partial charge in [0, 0.05) is 18.2 Å². The normalized spacial score (nSPS) is 9.50. The molecule has 0 unspecified atom stereocenters. The van der Waals surface area contributed by atoms with Gasteiger partial charge in [0.25, 0.3) is 0 Å². The second kappa shape index (κ2) is 9.74. The summed E-state index contributed by atoms with van der Waals surface area (Å²) in [5.74, 6) is -0.258. The minimum absolute atomic E-state index is 0.171. The number of carboxylic acid groups (broad SMARTS) is 1. The van der Waals surface area contributed by atoms with E-state index in [0.29, 0.717) is 12.3 Å². The number of nitrogens with two attached hydrogens (primary N) is 1. The van der Waals surface area contributed by atoms with Crippen molar-refractivity contribution in [2.75, 3.05) is 18.2 Å². The number of unbranched alkanes of at least 4 members (excludes halogenated alkanes) is 2. The molecule has 0 spiro atoms. The molecule has 18 heavy (non-hydrogen) atoms. The van der Waals surface area contributed by atoms with Gasteiger partial charge in [-0.2, -0.15) is 0 Å². The predicted molar refractivity (Wildman–Crippen MR) is 74.2 cm³/mol. The Bertz CT molecular complexity index is 365. The smallest absolute Gasteiger partial charge is 0.337 e. The molecule has 0 atom stereocenters. The number of hydrogen-bond donors (Lipinski definition) is 3. The van der Waals surface area contributed by atoms with Gasteiger partial charge in [0.2, 0.25) is 0 Å². The van der Waals surface area contributed by atoms with E-state index in [4.69, 9.17) is 27.5 Å². The highest BCUT2D eigenvalue weighted by Crippen LogP contribution is 2.12. The van der Waals surface area contributed by atoms with E-state index < -0.39 is 5.97 Å². The number of halogens is 1. The largest absolute Gasteiger partial charge is 0.478 e. The fourth-order valence-corrected chi connectivity index (χ4v) is 1.43. The predicted octanol–water partition coefficient (Wildman–Crippen LogP) is 2.66. The van der Waals surface area contributed by atoms with E-state index in [1.165, 1.54) is 0 Å². The molecule has 0 fully saturated rings. The minimum Gasteiger partial charge on any atom is -0.478 e. The highest BCUT2D eigenvalue weighted by molar-refractivity contribution is 6.17. The van der Waals surface area contributed by atoms with Crippen LogP contribution in [0.2, 0.25) is 0 Å². The number of anilines is 1. The molecule has 0 amide bonds. The zero-order chi connectivity index (χ0) is 14.0. The molecule has 0 aliphatic rings. The molecule has 102 valence electrons. The third-order valence-corrected chi connectivity index (χ3v) is 2.50. The van der Waals surface area contributed by atoms with Gasteiger partial charge >= 0.3 is 5.97 Å². The lowest BCUT2D eigenvalue weighted by Gasteiger charge is -2.00. The van der Waals surface area contributed by atoms with Gasteiger partial charge in [-0.3, -0.25) is 0 Å². The van der Waals surface area contributed by atoms with Gasteiger partial charge < -0.3 is 15.9 Å². The summed E-state index contributed by atoms with van der Waals surface area (Å²) >= 11 is 5.36. The van der Waals surface area contributed by atoms with Crippen LogP contribution < -0.4 is 5.73 Å². The van der Waals surface area contributed by atoms with Crippen molar-refractivity contribution in [1.82, 2.24) is 0 Å². The fraction of sp³-hybridized carbons (Fsp3) is 0.462. The molecule has 0 saturated heterocycles. The van der Waals surface area contributed by atoms with Crippen LogP contribution in [0.3, 0.4) is 0 Å². The van der Waals surface area contributed by atoms with E-state index in [2.05, 4.69) is 0 Å². The van der Waals surface area contributed by atoms with Crippen molar-refractivity contribution in [2.24, 2.45) is 0 Å². The maximum absolute atomic E-state index is 10.5. The molecule has 1 aromatic rings. The van der Waals surface area contributed by atoms with Crippen LogP contribution in [0, 0.1) is 6.92 Å². The number of aliphatic hydroxyl groups is 1. The lowest BCUT2D eigenvalue weighted by Crippen LogP contribution is -2.02. The molecule has 0 saturated carbocycles. The number of benzene rings is 1. The van der Waals surface area contributed by atoms with Gasteiger partial charge in [-0.1, -0.05) is 11.6 Å². The SMILES string of the molecule is Cc1ccc(N)c(C(=O)O)c1.OCCCCCCl. The quantitative estimate of drug-likeness (QED) is 0.437. The number of alkyl halides is 1. The van der Waals surface area contributed by atoms with E-state index in [1.807, 2.05) is 6.92 Å². The molecule has 0 heterocycles. The first kappa shape index (κ1) is 16.7. The summed E-state index contributed by atoms with van der Waals surface area (Å²) in [5, 5.41) is 16.9. The number of hydrogen-bond acceptors (Lipinski definition) is 3. The van der Waals surface area contributed by atoms with Crippen LogP contribution in [-0.2, 0) is 0 Å². The van der Waals surface area contributed by atoms with Crippen LogP contribution in [0.1, 0.15) is 35.2 Å². The summed E-state index contributed by atoms with van der Waals surface area (Å²) in [6.45, 7) is 2.13. The Labute approximate surface area is 112 Å². The molecular weight excluding hydrogens is 254 g/mol. The molecular formula is C13H20ClNO3. The van der Waals surface area contributed by atoms with Gasteiger partial charge in [-0.05, 0) is 38.3 Å². The van der Waals surface area contributed by atoms with Crippen molar-refractivity contribution in [1.29, 1.82) is 0 Å². The maximum Gasteiger partial charge on any atom is 0.337 e. The first-order chi connectivity index (χ1) is 8.52. The fourth-order valence-electron chi connectivity index (χ4n) is 1.24. The van der Waals surface area contributed by atoms with Crippen molar-refractivity contribution >= 4 is 23.3 Å². The summed E-state index contributed by atoms with van der Waals surface area (Å²) in [6, 6.07) is 4.93. The van der Waals surface area contributed by atoms with Crippen LogP contribution in [-0.4, -0.2) is 28.7 Å². The average Bonchev–Trinajstić information content (AvgIpc) is 2.33. The van der Waals surface area contributed by atoms with E-state index in [9.17, 15) is 4.79 Å². The van der Waals surface area contributed by atoms with Crippen molar-refractivity contribution in [3.8, 4) is 0 Å². The lowest BCUT2D eigenvalue weighted by molar-refractivity contribution is 0.0698. The molecule has 1 rings (SSSR count). The van der Waals surface area contributed by atoms with Crippen LogP contribution in [0.5, 0.6) is 0 Å². The number of carbonyl (C=O) groups is 1. The lowest BCUT2D eigenvalue weighted by atomic mass is 10.1. The van der Waals surface area contributed by atoms with Crippen molar-refractivity contribution < 1.29 is 15.0 Å². The van der Waals surface area contributed by atoms with Crippen molar-refractivity contribution in [3.05, 3.63) is 29.3 Å². The van der Waals surface area contributed by atoms with Crippen LogP contribution in [0.25, 0.3) is 0 Å². The number of aromatic carboxylic acids is 1. The highest BCUT2D eigenvalue weighted by atomic mass is 35.5. The molecule has 4 N–H and O–H groups in total. The van der Waals surface area contributed by atoms with Crippen molar-refractivity contribution in [2.45, 2.75) is 26.2 Å². The molecule has 5 heteroatoms. The topological polar surface area (TPSA) is 83.6 Å². The van der Waals surface area contributed by atoms with E-state index in [1.54, 1.807) is 18.2 Å². The molecule has 0 aliphatic carbocycles. The minimum atomic E-state index is -0.980. The van der Waals surface area contributed by atoms with Crippen molar-refractivity contribution in [3.63, 3.8) is 0 Å². The maximum atomic E-state index is 10.5. The third kappa shape index (κ3) is 7.14. The van der Waals surface area contributed by atoms with E-state index >= 15 is 0 Å². The Balaban J connectivity index is 0.000000360. The molecule has 0 bridgehead atoms. The summed E-state index contributed by atoms with van der Waals surface area (Å²) in [6.07, 6.45) is 2.98. The van der Waals surface area contributed by atoms with Gasteiger partial charge in [-0.15, -0.1) is 11.6 Å². The number of nitrogen functional groups attached to an aromatic ring is 1. The standard InChI is InChI=1S/C8H9NO2.C5H11ClO/c1-5-2-3-7(9)6(4-5)8(10)11;6-4-2-1-3-5-7/h2-4H,9H2,1H3,(H,10,11);7H,1-5H2. The number of aryl methyl sites for hydroxylation is 1. The van der Waals surface area contributed by atoms with E-state index in [-0.39, 0.29) is 5.56 Å². The Hall–Kier alpha value is -1.26. The summed E-state index contributed by atoms with van der Waals surface area (Å²) < 4.78 is 0. The Kier molecular flexibility index (Phi) is 9.06. The Morgan fingerprint density at radius 3 is 2.44 bits per heavy atom. The van der Waals surface area contributed by atoms with Crippen LogP contribution >= 0.6 is 11.6 Å². The Morgan fingerprint density at radius 2 is 2.00 bits per heavy atom. The van der Waals surface area contributed by atoms with Gasteiger partial charge in [0.15, 0.2) is 0 Å². The zero-order valence-electron chi connectivity index (χ0n) is 10.5. The van der Waals surface area contributed by atoms with Gasteiger partial charge in [0.1, 0.15) is 0 Å². The summed E-state index contributed by atoms with van der Waals surface area (Å²) in [5.41, 5.74) is 6.79. The number of aliphatic hydroxyl groups excluding tert-OH is 1. The number of rotatable bonds is 5. The third-order valence-electron chi connectivity index (χ3n) is 2.23. The second-order valence-electron chi connectivity index (χ2n) is 3.87. The zero-order valence-corrected chi connectivity index (χ0v) is 11.3. The summed E-state index contributed by atoms with van der Waals surface area (Å²) in [4.78, 5) is 10.5. The number of carboxylic acids is 1. The molecule has 0 aliphatic heterocycles. The molecule has 0 aromatic heterocycles. The van der Waals surface area contributed by atoms with E-state index in [0.717, 1.165) is 30.7 Å². The highest BCUT2D eigenvalue weighted by Gasteiger charge is 2.06. The summed E-state index contributed by atoms with van der Waals surface area (Å²) in [7, 11) is 0. The molecule has 0 radical (unpaired) electrons. The van der Waals surface area contributed by atoms with Crippen LogP contribution in [0.15, 0.2) is 18.2 Å².